The highest BCUT2D eigenvalue weighted by molar-refractivity contribution is 6.31. The van der Waals surface area contributed by atoms with Crippen LogP contribution in [0.25, 0.3) is 10.9 Å². The van der Waals surface area contributed by atoms with Gasteiger partial charge >= 0.3 is 0 Å². The Bertz CT molecular complexity index is 765. The van der Waals surface area contributed by atoms with Crippen LogP contribution in [0, 0.1) is 0 Å². The zero-order valence-electron chi connectivity index (χ0n) is 10.9. The lowest BCUT2D eigenvalue weighted by Gasteiger charge is -2.16. The molecule has 0 aliphatic heterocycles. The molecule has 20 heavy (non-hydrogen) atoms. The lowest BCUT2D eigenvalue weighted by molar-refractivity contribution is 0.0994. The zero-order valence-corrected chi connectivity index (χ0v) is 11.7. The standard InChI is InChI=1S/C16H13ClN2O/c1-19(12-5-3-2-4-6-12)16(20)14-10-18-15-9-11(17)7-8-13(14)15/h2-10,18H,1H3. The molecular formula is C16H13ClN2O. The summed E-state index contributed by atoms with van der Waals surface area (Å²) in [6, 6.07) is 15.0. The van der Waals surface area contributed by atoms with Crippen molar-refractivity contribution in [2.24, 2.45) is 0 Å². The maximum atomic E-state index is 12.6. The molecule has 0 radical (unpaired) electrons. The van der Waals surface area contributed by atoms with Crippen molar-refractivity contribution < 1.29 is 4.79 Å². The van der Waals surface area contributed by atoms with Crippen LogP contribution in [0.4, 0.5) is 5.69 Å². The van der Waals surface area contributed by atoms with Gasteiger partial charge in [-0.15, -0.1) is 0 Å². The maximum Gasteiger partial charge on any atom is 0.260 e. The van der Waals surface area contributed by atoms with Crippen LogP contribution in [-0.2, 0) is 0 Å². The summed E-state index contributed by atoms with van der Waals surface area (Å²) in [6.07, 6.45) is 1.72. The van der Waals surface area contributed by atoms with E-state index in [0.29, 0.717) is 10.6 Å². The minimum Gasteiger partial charge on any atom is -0.360 e. The van der Waals surface area contributed by atoms with Gasteiger partial charge in [-0.1, -0.05) is 35.9 Å². The van der Waals surface area contributed by atoms with Gasteiger partial charge in [-0.05, 0) is 24.3 Å². The largest absolute Gasteiger partial charge is 0.360 e. The van der Waals surface area contributed by atoms with Crippen LogP contribution < -0.4 is 4.90 Å². The summed E-state index contributed by atoms with van der Waals surface area (Å²) >= 11 is 5.95. The smallest absolute Gasteiger partial charge is 0.260 e. The highest BCUT2D eigenvalue weighted by Crippen LogP contribution is 2.24. The Kier molecular flexibility index (Phi) is 3.20. The Morgan fingerprint density at radius 3 is 2.65 bits per heavy atom. The molecule has 0 saturated heterocycles. The molecule has 0 atom stereocenters. The average molecular weight is 285 g/mol. The molecule has 4 heteroatoms. The molecule has 3 aromatic rings. The molecule has 0 saturated carbocycles. The summed E-state index contributed by atoms with van der Waals surface area (Å²) in [5, 5.41) is 1.52. The molecule has 3 rings (SSSR count). The SMILES string of the molecule is CN(C(=O)c1c[nH]c2cc(Cl)ccc12)c1ccccc1. The fourth-order valence-corrected chi connectivity index (χ4v) is 2.40. The van der Waals surface area contributed by atoms with E-state index >= 15 is 0 Å². The number of aromatic amines is 1. The van der Waals surface area contributed by atoms with Gasteiger partial charge in [0.15, 0.2) is 0 Å². The lowest BCUT2D eigenvalue weighted by atomic mass is 10.1. The molecule has 1 N–H and O–H groups in total. The Balaban J connectivity index is 2.01. The predicted molar refractivity (Wildman–Crippen MR) is 82.5 cm³/mol. The van der Waals surface area contributed by atoms with Gasteiger partial charge in [0.25, 0.3) is 5.91 Å². The summed E-state index contributed by atoms with van der Waals surface area (Å²) in [6.45, 7) is 0. The number of carbonyl (C=O) groups is 1. The first-order chi connectivity index (χ1) is 9.66. The third kappa shape index (κ3) is 2.17. The van der Waals surface area contributed by atoms with Crippen molar-refractivity contribution in [3.8, 4) is 0 Å². The monoisotopic (exact) mass is 284 g/mol. The fourth-order valence-electron chi connectivity index (χ4n) is 2.22. The van der Waals surface area contributed by atoms with Crippen LogP contribution in [0.5, 0.6) is 0 Å². The first-order valence-electron chi connectivity index (χ1n) is 6.26. The molecule has 0 aliphatic rings. The number of halogens is 1. The van der Waals surface area contributed by atoms with E-state index in [1.807, 2.05) is 42.5 Å². The van der Waals surface area contributed by atoms with E-state index < -0.39 is 0 Å². The minimum absolute atomic E-state index is 0.0511. The molecule has 1 aromatic heterocycles. The predicted octanol–water partition coefficient (Wildman–Crippen LogP) is 4.10. The lowest BCUT2D eigenvalue weighted by Crippen LogP contribution is -2.25. The number of para-hydroxylation sites is 1. The van der Waals surface area contributed by atoms with Crippen LogP contribution in [0.1, 0.15) is 10.4 Å². The number of amides is 1. The summed E-state index contributed by atoms with van der Waals surface area (Å²) < 4.78 is 0. The number of nitrogens with one attached hydrogen (secondary N) is 1. The minimum atomic E-state index is -0.0511. The number of benzene rings is 2. The van der Waals surface area contributed by atoms with Crippen molar-refractivity contribution >= 4 is 34.1 Å². The second-order valence-electron chi connectivity index (χ2n) is 4.59. The van der Waals surface area contributed by atoms with E-state index in [2.05, 4.69) is 4.98 Å². The third-order valence-corrected chi connectivity index (χ3v) is 3.56. The molecule has 3 nitrogen and oxygen atoms in total. The van der Waals surface area contributed by atoms with Gasteiger partial charge in [0.1, 0.15) is 0 Å². The van der Waals surface area contributed by atoms with Gasteiger partial charge in [-0.3, -0.25) is 4.79 Å². The van der Waals surface area contributed by atoms with Crippen LogP contribution in [0.15, 0.2) is 54.7 Å². The second-order valence-corrected chi connectivity index (χ2v) is 5.03. The summed E-state index contributed by atoms with van der Waals surface area (Å²) in [4.78, 5) is 17.3. The first kappa shape index (κ1) is 12.8. The van der Waals surface area contributed by atoms with Crippen LogP contribution in [0.2, 0.25) is 5.02 Å². The summed E-state index contributed by atoms with van der Waals surface area (Å²) in [5.74, 6) is -0.0511. The van der Waals surface area contributed by atoms with E-state index in [1.54, 1.807) is 24.2 Å². The van der Waals surface area contributed by atoms with Crippen LogP contribution >= 0.6 is 11.6 Å². The highest BCUT2D eigenvalue weighted by atomic mass is 35.5. The molecule has 0 aliphatic carbocycles. The number of hydrogen-bond acceptors (Lipinski definition) is 1. The van der Waals surface area contributed by atoms with Crippen molar-refractivity contribution in [2.75, 3.05) is 11.9 Å². The second kappa shape index (κ2) is 5.02. The Labute approximate surface area is 121 Å². The van der Waals surface area contributed by atoms with E-state index in [4.69, 9.17) is 11.6 Å². The molecule has 1 heterocycles. The van der Waals surface area contributed by atoms with E-state index in [9.17, 15) is 4.79 Å². The molecule has 100 valence electrons. The highest BCUT2D eigenvalue weighted by Gasteiger charge is 2.17. The Morgan fingerprint density at radius 2 is 1.90 bits per heavy atom. The first-order valence-corrected chi connectivity index (χ1v) is 6.64. The number of nitrogens with zero attached hydrogens (tertiary/aromatic N) is 1. The number of rotatable bonds is 2. The zero-order chi connectivity index (χ0) is 14.1. The molecule has 0 unspecified atom stereocenters. The topological polar surface area (TPSA) is 36.1 Å². The number of anilines is 1. The number of aromatic nitrogens is 1. The Morgan fingerprint density at radius 1 is 1.15 bits per heavy atom. The molecule has 0 fully saturated rings. The third-order valence-electron chi connectivity index (χ3n) is 3.32. The van der Waals surface area contributed by atoms with Crippen molar-refractivity contribution in [1.82, 2.24) is 4.98 Å². The van der Waals surface area contributed by atoms with Crippen molar-refractivity contribution in [2.45, 2.75) is 0 Å². The number of hydrogen-bond donors (Lipinski definition) is 1. The Hall–Kier alpha value is -2.26. The fraction of sp³-hybridized carbons (Fsp3) is 0.0625. The van der Waals surface area contributed by atoms with E-state index in [1.165, 1.54) is 0 Å². The number of H-pyrrole nitrogens is 1. The van der Waals surface area contributed by atoms with Gasteiger partial charge in [0, 0.05) is 34.9 Å². The summed E-state index contributed by atoms with van der Waals surface area (Å²) in [5.41, 5.74) is 2.37. The maximum absolute atomic E-state index is 12.6. The van der Waals surface area contributed by atoms with Crippen molar-refractivity contribution in [3.05, 3.63) is 65.3 Å². The molecule has 1 amide bonds. The average Bonchev–Trinajstić information content (AvgIpc) is 2.89. The molecule has 2 aromatic carbocycles. The normalized spacial score (nSPS) is 10.7. The van der Waals surface area contributed by atoms with Crippen molar-refractivity contribution in [3.63, 3.8) is 0 Å². The molecule has 0 bridgehead atoms. The number of fused-ring (bicyclic) bond motifs is 1. The van der Waals surface area contributed by atoms with Crippen LogP contribution in [-0.4, -0.2) is 17.9 Å². The van der Waals surface area contributed by atoms with Gasteiger partial charge in [0.2, 0.25) is 0 Å². The van der Waals surface area contributed by atoms with Crippen molar-refractivity contribution in [1.29, 1.82) is 0 Å². The van der Waals surface area contributed by atoms with E-state index in [-0.39, 0.29) is 5.91 Å². The van der Waals surface area contributed by atoms with Gasteiger partial charge in [-0.2, -0.15) is 0 Å². The van der Waals surface area contributed by atoms with Gasteiger partial charge < -0.3 is 9.88 Å². The quantitative estimate of drug-likeness (QED) is 0.756. The van der Waals surface area contributed by atoms with E-state index in [0.717, 1.165) is 16.6 Å². The van der Waals surface area contributed by atoms with Gasteiger partial charge in [-0.25, -0.2) is 0 Å². The number of carbonyl (C=O) groups excluding carboxylic acids is 1. The molecule has 0 spiro atoms. The summed E-state index contributed by atoms with van der Waals surface area (Å²) in [7, 11) is 1.77. The molecular weight excluding hydrogens is 272 g/mol. The van der Waals surface area contributed by atoms with Gasteiger partial charge in [0.05, 0.1) is 5.56 Å². The van der Waals surface area contributed by atoms with Crippen LogP contribution in [0.3, 0.4) is 0 Å².